The Morgan fingerprint density at radius 2 is 2.00 bits per heavy atom. The van der Waals surface area contributed by atoms with E-state index in [2.05, 4.69) is 82.7 Å². The summed E-state index contributed by atoms with van der Waals surface area (Å²) in [5, 5.41) is 3.30. The maximum absolute atomic E-state index is 4.50. The van der Waals surface area contributed by atoms with Gasteiger partial charge in [-0.2, -0.15) is 0 Å². The average Bonchev–Trinajstić information content (AvgIpc) is 2.33. The first-order valence-corrected chi connectivity index (χ1v) is 8.50. The van der Waals surface area contributed by atoms with Crippen LogP contribution in [0.2, 0.25) is 0 Å². The second kappa shape index (κ2) is 6.99. The first-order valence-electron chi connectivity index (χ1n) is 5.84. The van der Waals surface area contributed by atoms with E-state index in [9.17, 15) is 0 Å². The van der Waals surface area contributed by atoms with Crippen molar-refractivity contribution < 1.29 is 0 Å². The zero-order valence-corrected chi connectivity index (χ0v) is 15.6. The maximum Gasteiger partial charge on any atom is 0.135 e. The molecule has 0 radical (unpaired) electrons. The SMILES string of the molecule is CCCc1nc(Br)cc(Nc2ccc(I)c(Br)c2)n1. The summed E-state index contributed by atoms with van der Waals surface area (Å²) in [5.41, 5.74) is 1.00. The molecule has 1 N–H and O–H groups in total. The van der Waals surface area contributed by atoms with Gasteiger partial charge in [-0.25, -0.2) is 9.97 Å². The van der Waals surface area contributed by atoms with Gasteiger partial charge in [0.2, 0.25) is 0 Å². The van der Waals surface area contributed by atoms with Crippen molar-refractivity contribution in [2.45, 2.75) is 19.8 Å². The molecule has 0 unspecified atom stereocenters. The van der Waals surface area contributed by atoms with Gasteiger partial charge in [0.15, 0.2) is 0 Å². The number of aromatic nitrogens is 2. The van der Waals surface area contributed by atoms with Crippen LogP contribution in [-0.4, -0.2) is 9.97 Å². The number of hydrogen-bond donors (Lipinski definition) is 1. The third-order valence-electron chi connectivity index (χ3n) is 2.41. The lowest BCUT2D eigenvalue weighted by Crippen LogP contribution is -2.00. The lowest BCUT2D eigenvalue weighted by Gasteiger charge is -2.08. The predicted octanol–water partition coefficient (Wildman–Crippen LogP) is 5.30. The van der Waals surface area contributed by atoms with Crippen LogP contribution in [0.1, 0.15) is 19.2 Å². The summed E-state index contributed by atoms with van der Waals surface area (Å²) in [6.45, 7) is 2.12. The minimum atomic E-state index is 0.804. The molecule has 0 atom stereocenters. The summed E-state index contributed by atoms with van der Waals surface area (Å²) < 4.78 is 3.05. The Balaban J connectivity index is 2.24. The van der Waals surface area contributed by atoms with Crippen LogP contribution < -0.4 is 5.32 Å². The first kappa shape index (κ1) is 15.2. The molecule has 0 aliphatic carbocycles. The Labute approximate surface area is 143 Å². The molecule has 1 heterocycles. The van der Waals surface area contributed by atoms with Crippen LogP contribution in [0, 0.1) is 3.57 Å². The summed E-state index contributed by atoms with van der Waals surface area (Å²) in [7, 11) is 0. The molecule has 2 rings (SSSR count). The highest BCUT2D eigenvalue weighted by molar-refractivity contribution is 14.1. The van der Waals surface area contributed by atoms with Gasteiger partial charge < -0.3 is 5.32 Å². The van der Waals surface area contributed by atoms with Crippen LogP contribution in [0.3, 0.4) is 0 Å². The average molecular weight is 497 g/mol. The zero-order chi connectivity index (χ0) is 13.8. The van der Waals surface area contributed by atoms with Gasteiger partial charge in [0.1, 0.15) is 16.2 Å². The van der Waals surface area contributed by atoms with E-state index in [1.807, 2.05) is 18.2 Å². The van der Waals surface area contributed by atoms with Gasteiger partial charge in [0.25, 0.3) is 0 Å². The van der Waals surface area contributed by atoms with Gasteiger partial charge in [-0.05, 0) is 79.1 Å². The molecule has 3 nitrogen and oxygen atoms in total. The Morgan fingerprint density at radius 3 is 2.68 bits per heavy atom. The zero-order valence-electron chi connectivity index (χ0n) is 10.3. The topological polar surface area (TPSA) is 37.8 Å². The quantitative estimate of drug-likeness (QED) is 0.461. The Hall–Kier alpha value is -0.210. The van der Waals surface area contributed by atoms with Crippen molar-refractivity contribution in [3.8, 4) is 0 Å². The lowest BCUT2D eigenvalue weighted by molar-refractivity contribution is 0.831. The number of halogens is 3. The van der Waals surface area contributed by atoms with Crippen LogP contribution in [0.4, 0.5) is 11.5 Å². The molecule has 6 heteroatoms. The van der Waals surface area contributed by atoms with Crippen molar-refractivity contribution in [2.75, 3.05) is 5.32 Å². The van der Waals surface area contributed by atoms with E-state index >= 15 is 0 Å². The molecule has 100 valence electrons. The van der Waals surface area contributed by atoms with E-state index in [-0.39, 0.29) is 0 Å². The van der Waals surface area contributed by atoms with E-state index in [1.165, 1.54) is 3.57 Å². The van der Waals surface area contributed by atoms with Crippen molar-refractivity contribution in [2.24, 2.45) is 0 Å². The fourth-order valence-electron chi connectivity index (χ4n) is 1.59. The number of aryl methyl sites for hydroxylation is 1. The summed E-state index contributed by atoms with van der Waals surface area (Å²) >= 11 is 9.23. The van der Waals surface area contributed by atoms with E-state index in [4.69, 9.17) is 0 Å². The molecule has 1 aromatic heterocycles. The van der Waals surface area contributed by atoms with Crippen LogP contribution in [0.5, 0.6) is 0 Å². The second-order valence-electron chi connectivity index (χ2n) is 4.00. The van der Waals surface area contributed by atoms with E-state index in [0.717, 1.165) is 39.2 Å². The highest BCUT2D eigenvalue weighted by atomic mass is 127. The molecule has 0 spiro atoms. The van der Waals surface area contributed by atoms with Gasteiger partial charge in [-0.3, -0.25) is 0 Å². The fraction of sp³-hybridized carbons (Fsp3) is 0.231. The minimum Gasteiger partial charge on any atom is -0.340 e. The van der Waals surface area contributed by atoms with Crippen LogP contribution >= 0.6 is 54.5 Å². The van der Waals surface area contributed by atoms with Crippen LogP contribution in [0.15, 0.2) is 33.3 Å². The van der Waals surface area contributed by atoms with Crippen molar-refractivity contribution in [3.63, 3.8) is 0 Å². The predicted molar refractivity (Wildman–Crippen MR) is 93.9 cm³/mol. The van der Waals surface area contributed by atoms with Crippen molar-refractivity contribution in [1.29, 1.82) is 0 Å². The molecule has 0 saturated carbocycles. The standard InChI is InChI=1S/C13H12Br2IN3/c1-2-3-12-18-11(15)7-13(19-12)17-8-4-5-10(16)9(14)6-8/h4-7H,2-3H2,1H3,(H,17,18,19). The largest absolute Gasteiger partial charge is 0.340 e. The number of nitrogens with zero attached hydrogens (tertiary/aromatic N) is 2. The van der Waals surface area contributed by atoms with Crippen LogP contribution in [0.25, 0.3) is 0 Å². The number of anilines is 2. The van der Waals surface area contributed by atoms with Gasteiger partial charge in [0.05, 0.1) is 0 Å². The molecule has 0 saturated heterocycles. The number of hydrogen-bond acceptors (Lipinski definition) is 3. The summed E-state index contributed by atoms with van der Waals surface area (Å²) in [5.74, 6) is 1.65. The molecular formula is C13H12Br2IN3. The van der Waals surface area contributed by atoms with Crippen LogP contribution in [-0.2, 0) is 6.42 Å². The van der Waals surface area contributed by atoms with Crippen molar-refractivity contribution in [3.05, 3.63) is 42.7 Å². The van der Waals surface area contributed by atoms with Gasteiger partial charge >= 0.3 is 0 Å². The molecule has 0 bridgehead atoms. The monoisotopic (exact) mass is 495 g/mol. The Bertz CT molecular complexity index is 590. The smallest absolute Gasteiger partial charge is 0.135 e. The van der Waals surface area contributed by atoms with Gasteiger partial charge in [-0.1, -0.05) is 6.92 Å². The second-order valence-corrected chi connectivity index (χ2v) is 6.83. The highest BCUT2D eigenvalue weighted by Crippen LogP contribution is 2.25. The minimum absolute atomic E-state index is 0.804. The highest BCUT2D eigenvalue weighted by Gasteiger charge is 2.04. The van der Waals surface area contributed by atoms with E-state index in [0.29, 0.717) is 0 Å². The number of nitrogens with one attached hydrogen (secondary N) is 1. The van der Waals surface area contributed by atoms with Crippen molar-refractivity contribution in [1.82, 2.24) is 9.97 Å². The normalized spacial score (nSPS) is 10.5. The Morgan fingerprint density at radius 1 is 1.21 bits per heavy atom. The third kappa shape index (κ3) is 4.39. The Kier molecular flexibility index (Phi) is 5.58. The molecule has 19 heavy (non-hydrogen) atoms. The van der Waals surface area contributed by atoms with E-state index in [1.54, 1.807) is 0 Å². The number of benzene rings is 1. The first-order chi connectivity index (χ1) is 9.08. The molecular weight excluding hydrogens is 485 g/mol. The van der Waals surface area contributed by atoms with Gasteiger partial charge in [0, 0.05) is 26.2 Å². The molecule has 0 amide bonds. The molecule has 1 aromatic carbocycles. The molecule has 0 aliphatic rings. The lowest BCUT2D eigenvalue weighted by atomic mass is 10.3. The summed E-state index contributed by atoms with van der Waals surface area (Å²) in [6, 6.07) is 8.00. The van der Waals surface area contributed by atoms with E-state index < -0.39 is 0 Å². The summed E-state index contributed by atoms with van der Waals surface area (Å²) in [4.78, 5) is 8.85. The van der Waals surface area contributed by atoms with Crippen molar-refractivity contribution >= 4 is 66.0 Å². The molecule has 0 fully saturated rings. The molecule has 2 aromatic rings. The van der Waals surface area contributed by atoms with Gasteiger partial charge in [-0.15, -0.1) is 0 Å². The molecule has 0 aliphatic heterocycles. The fourth-order valence-corrected chi connectivity index (χ4v) is 2.72. The summed E-state index contributed by atoms with van der Waals surface area (Å²) in [6.07, 6.45) is 1.91. The number of rotatable bonds is 4. The third-order valence-corrected chi connectivity index (χ3v) is 5.15. The maximum atomic E-state index is 4.50.